The van der Waals surface area contributed by atoms with E-state index in [1.807, 2.05) is 31.2 Å². The van der Waals surface area contributed by atoms with E-state index in [2.05, 4.69) is 33.0 Å². The lowest BCUT2D eigenvalue weighted by Gasteiger charge is -2.33. The van der Waals surface area contributed by atoms with Crippen molar-refractivity contribution in [3.05, 3.63) is 29.8 Å². The molecule has 1 amide bonds. The van der Waals surface area contributed by atoms with Gasteiger partial charge in [-0.3, -0.25) is 4.79 Å². The van der Waals surface area contributed by atoms with Gasteiger partial charge in [0.2, 0.25) is 0 Å². The molecule has 0 bridgehead atoms. The van der Waals surface area contributed by atoms with Gasteiger partial charge in [0.1, 0.15) is 0 Å². The minimum absolute atomic E-state index is 0. The summed E-state index contributed by atoms with van der Waals surface area (Å²) in [4.78, 5) is 13.5. The van der Waals surface area contributed by atoms with Crippen molar-refractivity contribution in [1.29, 1.82) is 0 Å². The normalized spacial score (nSPS) is 13.7. The molecule has 5 heteroatoms. The summed E-state index contributed by atoms with van der Waals surface area (Å²) >= 11 is 1.79. The van der Waals surface area contributed by atoms with Crippen molar-refractivity contribution in [3.63, 3.8) is 0 Å². The van der Waals surface area contributed by atoms with Gasteiger partial charge in [-0.15, -0.1) is 24.2 Å². The van der Waals surface area contributed by atoms with Crippen LogP contribution in [0.25, 0.3) is 0 Å². The molecule has 1 atom stereocenters. The zero-order chi connectivity index (χ0) is 15.3. The van der Waals surface area contributed by atoms with Crippen molar-refractivity contribution in [2.45, 2.75) is 50.3 Å². The number of hydrogen-bond acceptors (Lipinski definition) is 3. The highest BCUT2D eigenvalue weighted by molar-refractivity contribution is 7.99. The molecule has 1 unspecified atom stereocenters. The first-order chi connectivity index (χ1) is 9.28. The molecule has 0 aliphatic carbocycles. The van der Waals surface area contributed by atoms with Crippen molar-refractivity contribution in [1.82, 2.24) is 5.32 Å². The van der Waals surface area contributed by atoms with Crippen LogP contribution in [-0.4, -0.2) is 23.2 Å². The van der Waals surface area contributed by atoms with Gasteiger partial charge in [0.25, 0.3) is 5.91 Å². The Labute approximate surface area is 138 Å². The second-order valence-corrected chi connectivity index (χ2v) is 7.57. The molecule has 1 aromatic carbocycles. The van der Waals surface area contributed by atoms with E-state index in [9.17, 15) is 4.79 Å². The third kappa shape index (κ3) is 5.89. The van der Waals surface area contributed by atoms with E-state index in [1.54, 1.807) is 11.8 Å². The monoisotopic (exact) mass is 330 g/mol. The van der Waals surface area contributed by atoms with E-state index in [-0.39, 0.29) is 29.8 Å². The second-order valence-electron chi connectivity index (χ2n) is 5.92. The molecular weight excluding hydrogens is 304 g/mol. The topological polar surface area (TPSA) is 55.1 Å². The first-order valence-corrected chi connectivity index (χ1v) is 7.95. The lowest BCUT2D eigenvalue weighted by atomic mass is 9.88. The molecule has 3 nitrogen and oxygen atoms in total. The third-order valence-corrected chi connectivity index (χ3v) is 4.60. The molecular formula is C16H27ClN2OS. The van der Waals surface area contributed by atoms with E-state index in [1.165, 1.54) is 4.90 Å². The number of nitrogens with two attached hydrogens (primary N) is 1. The molecule has 0 aliphatic heterocycles. The lowest BCUT2D eigenvalue weighted by molar-refractivity contribution is 0.0883. The molecule has 21 heavy (non-hydrogen) atoms. The maximum Gasteiger partial charge on any atom is 0.251 e. The number of carbonyl (C=O) groups is 1. The number of benzene rings is 1. The fourth-order valence-electron chi connectivity index (χ4n) is 1.72. The molecule has 0 saturated carbocycles. The van der Waals surface area contributed by atoms with Gasteiger partial charge in [-0.1, -0.05) is 27.7 Å². The predicted octanol–water partition coefficient (Wildman–Crippen LogP) is 3.71. The van der Waals surface area contributed by atoms with Gasteiger partial charge in [-0.05, 0) is 37.1 Å². The van der Waals surface area contributed by atoms with Crippen LogP contribution in [0, 0.1) is 5.92 Å². The summed E-state index contributed by atoms with van der Waals surface area (Å²) in [7, 11) is 0. The Morgan fingerprint density at radius 1 is 1.24 bits per heavy atom. The molecule has 120 valence electrons. The first-order valence-electron chi connectivity index (χ1n) is 7.08. The SMILES string of the molecule is CC(C)Sc1ccc(C(=O)NC(C)(CN)C(C)C)cc1.Cl. The number of halogens is 1. The Morgan fingerprint density at radius 2 is 1.76 bits per heavy atom. The average molecular weight is 331 g/mol. The summed E-state index contributed by atoms with van der Waals surface area (Å²) in [6.45, 7) is 10.8. The number of nitrogens with one attached hydrogen (secondary N) is 1. The van der Waals surface area contributed by atoms with Gasteiger partial charge in [0.15, 0.2) is 0 Å². The van der Waals surface area contributed by atoms with Crippen molar-refractivity contribution in [2.75, 3.05) is 6.54 Å². The summed E-state index contributed by atoms with van der Waals surface area (Å²) < 4.78 is 0. The molecule has 0 spiro atoms. The van der Waals surface area contributed by atoms with Crippen LogP contribution < -0.4 is 11.1 Å². The summed E-state index contributed by atoms with van der Waals surface area (Å²) in [5.74, 6) is 0.222. The zero-order valence-corrected chi connectivity index (χ0v) is 15.1. The van der Waals surface area contributed by atoms with E-state index in [0.717, 1.165) is 0 Å². The summed E-state index contributed by atoms with van der Waals surface area (Å²) in [5.41, 5.74) is 6.10. The van der Waals surface area contributed by atoms with Gasteiger partial charge < -0.3 is 11.1 Å². The molecule has 3 N–H and O–H groups in total. The molecule has 0 heterocycles. The largest absolute Gasteiger partial charge is 0.345 e. The second kappa shape index (κ2) is 8.66. The molecule has 1 aromatic rings. The number of hydrogen-bond donors (Lipinski definition) is 2. The zero-order valence-electron chi connectivity index (χ0n) is 13.5. The number of thioether (sulfide) groups is 1. The Bertz CT molecular complexity index is 448. The van der Waals surface area contributed by atoms with Crippen molar-refractivity contribution in [3.8, 4) is 0 Å². The Hall–Kier alpha value is -0.710. The van der Waals surface area contributed by atoms with Crippen LogP contribution >= 0.6 is 24.2 Å². The van der Waals surface area contributed by atoms with Crippen molar-refractivity contribution < 1.29 is 4.79 Å². The fraction of sp³-hybridized carbons (Fsp3) is 0.562. The number of carbonyl (C=O) groups excluding carboxylic acids is 1. The average Bonchev–Trinajstić information content (AvgIpc) is 2.38. The summed E-state index contributed by atoms with van der Waals surface area (Å²) in [6.07, 6.45) is 0. The van der Waals surface area contributed by atoms with Crippen molar-refractivity contribution >= 4 is 30.1 Å². The maximum absolute atomic E-state index is 12.3. The van der Waals surface area contributed by atoms with Crippen molar-refractivity contribution in [2.24, 2.45) is 11.7 Å². The molecule has 1 rings (SSSR count). The van der Waals surface area contributed by atoms with Gasteiger partial charge in [-0.2, -0.15) is 0 Å². The van der Waals surface area contributed by atoms with E-state index in [4.69, 9.17) is 5.73 Å². The van der Waals surface area contributed by atoms with Gasteiger partial charge in [0.05, 0.1) is 5.54 Å². The summed E-state index contributed by atoms with van der Waals surface area (Å²) in [6, 6.07) is 7.73. The molecule has 0 fully saturated rings. The first kappa shape index (κ1) is 20.3. The highest BCUT2D eigenvalue weighted by Gasteiger charge is 2.28. The van der Waals surface area contributed by atoms with E-state index in [0.29, 0.717) is 17.4 Å². The van der Waals surface area contributed by atoms with E-state index < -0.39 is 0 Å². The molecule has 0 aromatic heterocycles. The minimum Gasteiger partial charge on any atom is -0.345 e. The fourth-order valence-corrected chi connectivity index (χ4v) is 2.56. The smallest absolute Gasteiger partial charge is 0.251 e. The number of rotatable bonds is 6. The van der Waals surface area contributed by atoms with Crippen LogP contribution in [0.3, 0.4) is 0 Å². The molecule has 0 aliphatic rings. The quantitative estimate of drug-likeness (QED) is 0.782. The van der Waals surface area contributed by atoms with Crippen LogP contribution in [0.15, 0.2) is 29.2 Å². The van der Waals surface area contributed by atoms with Gasteiger partial charge in [0, 0.05) is 22.3 Å². The lowest BCUT2D eigenvalue weighted by Crippen LogP contribution is -2.55. The Kier molecular flexibility index (Phi) is 8.37. The third-order valence-electron chi connectivity index (χ3n) is 3.59. The van der Waals surface area contributed by atoms with E-state index >= 15 is 0 Å². The Morgan fingerprint density at radius 3 is 2.14 bits per heavy atom. The molecule has 0 radical (unpaired) electrons. The Balaban J connectivity index is 0.00000400. The van der Waals surface area contributed by atoms with Gasteiger partial charge in [-0.25, -0.2) is 0 Å². The van der Waals surface area contributed by atoms with Crippen LogP contribution in [0.1, 0.15) is 45.0 Å². The highest BCUT2D eigenvalue weighted by atomic mass is 35.5. The molecule has 0 saturated heterocycles. The van der Waals surface area contributed by atoms with Crippen LogP contribution in [0.4, 0.5) is 0 Å². The number of amides is 1. The highest BCUT2D eigenvalue weighted by Crippen LogP contribution is 2.23. The maximum atomic E-state index is 12.3. The standard InChI is InChI=1S/C16H26N2OS.ClH/c1-11(2)16(5,10-17)18-15(19)13-6-8-14(9-7-13)20-12(3)4;/h6-9,11-12H,10,17H2,1-5H3,(H,18,19);1H. The van der Waals surface area contributed by atoms with Gasteiger partial charge >= 0.3 is 0 Å². The van der Waals surface area contributed by atoms with Crippen LogP contribution in [0.2, 0.25) is 0 Å². The van der Waals surface area contributed by atoms with Crippen LogP contribution in [-0.2, 0) is 0 Å². The van der Waals surface area contributed by atoms with Crippen LogP contribution in [0.5, 0.6) is 0 Å². The predicted molar refractivity (Wildman–Crippen MR) is 94.4 cm³/mol. The summed E-state index contributed by atoms with van der Waals surface area (Å²) in [5, 5.41) is 3.59. The minimum atomic E-state index is -0.373.